The number of rotatable bonds is 3. The van der Waals surface area contributed by atoms with Gasteiger partial charge in [-0.3, -0.25) is 0 Å². The molecule has 1 unspecified atom stereocenters. The minimum atomic E-state index is 0.192. The fourth-order valence-corrected chi connectivity index (χ4v) is 2.53. The van der Waals surface area contributed by atoms with Crippen molar-refractivity contribution in [2.24, 2.45) is 0 Å². The Hall–Kier alpha value is -1.31. The molecule has 2 nitrogen and oxygen atoms in total. The molecule has 1 N–H and O–H groups in total. The van der Waals surface area contributed by atoms with Gasteiger partial charge in [0.2, 0.25) is 0 Å². The SMILES string of the molecule is CC(Nc1ccc(C#N)cc1Br)c1ccc(Br)cc1. The lowest BCUT2D eigenvalue weighted by Gasteiger charge is -2.17. The average molecular weight is 380 g/mol. The topological polar surface area (TPSA) is 35.8 Å². The van der Waals surface area contributed by atoms with Crippen molar-refractivity contribution in [1.82, 2.24) is 0 Å². The van der Waals surface area contributed by atoms with Crippen molar-refractivity contribution in [2.45, 2.75) is 13.0 Å². The minimum Gasteiger partial charge on any atom is -0.378 e. The third-order valence-corrected chi connectivity index (χ3v) is 4.02. The summed E-state index contributed by atoms with van der Waals surface area (Å²) in [6.07, 6.45) is 0. The van der Waals surface area contributed by atoms with Crippen LogP contribution in [0.1, 0.15) is 24.1 Å². The molecule has 0 heterocycles. The highest BCUT2D eigenvalue weighted by atomic mass is 79.9. The summed E-state index contributed by atoms with van der Waals surface area (Å²) in [7, 11) is 0. The molecule has 0 fully saturated rings. The van der Waals surface area contributed by atoms with Crippen molar-refractivity contribution in [3.63, 3.8) is 0 Å². The summed E-state index contributed by atoms with van der Waals surface area (Å²) >= 11 is 6.91. The monoisotopic (exact) mass is 378 g/mol. The van der Waals surface area contributed by atoms with Crippen LogP contribution in [0.4, 0.5) is 5.69 Å². The number of benzene rings is 2. The first-order valence-corrected chi connectivity index (χ1v) is 7.40. The van der Waals surface area contributed by atoms with Crippen molar-refractivity contribution < 1.29 is 0 Å². The predicted molar refractivity (Wildman–Crippen MR) is 85.0 cm³/mol. The third kappa shape index (κ3) is 3.59. The van der Waals surface area contributed by atoms with Crippen LogP contribution in [0.25, 0.3) is 0 Å². The van der Waals surface area contributed by atoms with Crippen LogP contribution >= 0.6 is 31.9 Å². The highest BCUT2D eigenvalue weighted by Gasteiger charge is 2.08. The number of hydrogen-bond donors (Lipinski definition) is 1. The standard InChI is InChI=1S/C15H12Br2N2/c1-10(12-3-5-13(16)6-4-12)19-15-7-2-11(9-18)8-14(15)17/h2-8,10,19H,1H3. The van der Waals surface area contributed by atoms with Gasteiger partial charge in [-0.2, -0.15) is 5.26 Å². The van der Waals surface area contributed by atoms with Gasteiger partial charge in [-0.1, -0.05) is 28.1 Å². The Morgan fingerprint density at radius 2 is 1.79 bits per heavy atom. The van der Waals surface area contributed by atoms with Crippen LogP contribution in [0.15, 0.2) is 51.4 Å². The first-order valence-electron chi connectivity index (χ1n) is 5.82. The molecule has 0 saturated carbocycles. The molecule has 0 aromatic heterocycles. The molecule has 0 aliphatic rings. The highest BCUT2D eigenvalue weighted by molar-refractivity contribution is 9.10. The second-order valence-corrected chi connectivity index (χ2v) is 5.99. The van der Waals surface area contributed by atoms with Gasteiger partial charge in [0.15, 0.2) is 0 Å². The molecule has 2 aromatic rings. The summed E-state index contributed by atoms with van der Waals surface area (Å²) in [6.45, 7) is 2.11. The van der Waals surface area contributed by atoms with Gasteiger partial charge in [0, 0.05) is 20.7 Å². The summed E-state index contributed by atoms with van der Waals surface area (Å²) in [5.41, 5.74) is 2.84. The molecule has 2 rings (SSSR count). The van der Waals surface area contributed by atoms with E-state index in [9.17, 15) is 0 Å². The van der Waals surface area contributed by atoms with Crippen LogP contribution < -0.4 is 5.32 Å². The lowest BCUT2D eigenvalue weighted by Crippen LogP contribution is -2.06. The van der Waals surface area contributed by atoms with Crippen LogP contribution in [0.5, 0.6) is 0 Å². The van der Waals surface area contributed by atoms with Crippen molar-refractivity contribution in [3.8, 4) is 6.07 Å². The van der Waals surface area contributed by atoms with Gasteiger partial charge in [0.05, 0.1) is 11.6 Å². The van der Waals surface area contributed by atoms with Gasteiger partial charge in [-0.25, -0.2) is 0 Å². The molecule has 0 spiro atoms. The van der Waals surface area contributed by atoms with Crippen molar-refractivity contribution in [3.05, 3.63) is 62.5 Å². The molecule has 0 aliphatic carbocycles. The molecular formula is C15H12Br2N2. The van der Waals surface area contributed by atoms with Gasteiger partial charge in [0.1, 0.15) is 0 Å². The molecule has 96 valence electrons. The first kappa shape index (κ1) is 14.1. The molecule has 0 aliphatic heterocycles. The molecule has 0 saturated heterocycles. The number of anilines is 1. The zero-order valence-electron chi connectivity index (χ0n) is 10.3. The van der Waals surface area contributed by atoms with E-state index in [0.717, 1.165) is 14.6 Å². The summed E-state index contributed by atoms with van der Waals surface area (Å²) in [5.74, 6) is 0. The van der Waals surface area contributed by atoms with Crippen molar-refractivity contribution in [1.29, 1.82) is 5.26 Å². The second-order valence-electron chi connectivity index (χ2n) is 4.22. The lowest BCUT2D eigenvalue weighted by molar-refractivity contribution is 0.883. The molecule has 0 bridgehead atoms. The van der Waals surface area contributed by atoms with E-state index in [1.54, 1.807) is 6.07 Å². The Balaban J connectivity index is 2.17. The molecule has 0 amide bonds. The van der Waals surface area contributed by atoms with Gasteiger partial charge in [-0.05, 0) is 58.7 Å². The van der Waals surface area contributed by atoms with Crippen molar-refractivity contribution in [2.75, 3.05) is 5.32 Å². The van der Waals surface area contributed by atoms with Gasteiger partial charge in [-0.15, -0.1) is 0 Å². The molecule has 1 atom stereocenters. The third-order valence-electron chi connectivity index (χ3n) is 2.84. The largest absolute Gasteiger partial charge is 0.378 e. The molecule has 19 heavy (non-hydrogen) atoms. The Kier molecular flexibility index (Phi) is 4.62. The van der Waals surface area contributed by atoms with Crippen LogP contribution in [-0.4, -0.2) is 0 Å². The van der Waals surface area contributed by atoms with Crippen molar-refractivity contribution >= 4 is 37.5 Å². The Labute approximate surface area is 129 Å². The van der Waals surface area contributed by atoms with E-state index in [1.807, 2.05) is 24.3 Å². The van der Waals surface area contributed by atoms with E-state index in [4.69, 9.17) is 5.26 Å². The Morgan fingerprint density at radius 1 is 1.11 bits per heavy atom. The van der Waals surface area contributed by atoms with E-state index in [0.29, 0.717) is 5.56 Å². The van der Waals surface area contributed by atoms with E-state index in [1.165, 1.54) is 5.56 Å². The maximum Gasteiger partial charge on any atom is 0.0992 e. The number of nitrogens with zero attached hydrogens (tertiary/aromatic N) is 1. The average Bonchev–Trinajstić information content (AvgIpc) is 2.41. The van der Waals surface area contributed by atoms with Crippen LogP contribution in [0, 0.1) is 11.3 Å². The summed E-state index contributed by atoms with van der Waals surface area (Å²) in [5, 5.41) is 12.3. The minimum absolute atomic E-state index is 0.192. The number of nitrogens with one attached hydrogen (secondary N) is 1. The molecular weight excluding hydrogens is 368 g/mol. The Bertz CT molecular complexity index is 615. The Morgan fingerprint density at radius 3 is 2.37 bits per heavy atom. The summed E-state index contributed by atoms with van der Waals surface area (Å²) in [4.78, 5) is 0. The van der Waals surface area contributed by atoms with Crippen LogP contribution in [-0.2, 0) is 0 Å². The molecule has 2 aromatic carbocycles. The summed E-state index contributed by atoms with van der Waals surface area (Å²) < 4.78 is 1.97. The fourth-order valence-electron chi connectivity index (χ4n) is 1.77. The molecule has 4 heteroatoms. The zero-order chi connectivity index (χ0) is 13.8. The normalized spacial score (nSPS) is 11.7. The number of halogens is 2. The lowest BCUT2D eigenvalue weighted by atomic mass is 10.1. The first-order chi connectivity index (χ1) is 9.10. The number of nitriles is 1. The van der Waals surface area contributed by atoms with Gasteiger partial charge < -0.3 is 5.32 Å². The smallest absolute Gasteiger partial charge is 0.0992 e. The zero-order valence-corrected chi connectivity index (χ0v) is 13.5. The van der Waals surface area contributed by atoms with E-state index >= 15 is 0 Å². The maximum absolute atomic E-state index is 8.84. The highest BCUT2D eigenvalue weighted by Crippen LogP contribution is 2.27. The second kappa shape index (κ2) is 6.23. The predicted octanol–water partition coefficient (Wildman–Crippen LogP) is 5.26. The van der Waals surface area contributed by atoms with Gasteiger partial charge in [0.25, 0.3) is 0 Å². The number of hydrogen-bond acceptors (Lipinski definition) is 2. The molecule has 0 radical (unpaired) electrons. The quantitative estimate of drug-likeness (QED) is 0.789. The summed E-state index contributed by atoms with van der Waals surface area (Å²) in [6, 6.07) is 16.1. The van der Waals surface area contributed by atoms with E-state index in [-0.39, 0.29) is 6.04 Å². The fraction of sp³-hybridized carbons (Fsp3) is 0.133. The van der Waals surface area contributed by atoms with Crippen LogP contribution in [0.3, 0.4) is 0 Å². The maximum atomic E-state index is 8.84. The van der Waals surface area contributed by atoms with E-state index in [2.05, 4.69) is 62.3 Å². The van der Waals surface area contributed by atoms with E-state index < -0.39 is 0 Å². The van der Waals surface area contributed by atoms with Crippen LogP contribution in [0.2, 0.25) is 0 Å². The van der Waals surface area contributed by atoms with Gasteiger partial charge >= 0.3 is 0 Å².